The van der Waals surface area contributed by atoms with Crippen LogP contribution in [-0.2, 0) is 19.1 Å². The normalized spacial score (nSPS) is 46.1. The first kappa shape index (κ1) is 16.5. The molecular weight excluding hydrogens is 300 g/mol. The molecule has 0 aromatic heterocycles. The molecule has 128 valence electrons. The molecule has 0 aromatic carbocycles. The molecule has 1 aliphatic heterocycles. The third-order valence-corrected chi connectivity index (χ3v) is 6.12. The van der Waals surface area contributed by atoms with Gasteiger partial charge in [-0.05, 0) is 25.2 Å². The van der Waals surface area contributed by atoms with Crippen LogP contribution in [0.15, 0.2) is 11.1 Å². The fourth-order valence-electron chi connectivity index (χ4n) is 4.76. The van der Waals surface area contributed by atoms with E-state index < -0.39 is 35.3 Å². The Labute approximate surface area is 135 Å². The molecule has 0 bridgehead atoms. The van der Waals surface area contributed by atoms with Crippen molar-refractivity contribution < 1.29 is 29.3 Å². The third-order valence-electron chi connectivity index (χ3n) is 6.12. The van der Waals surface area contributed by atoms with Gasteiger partial charge in [-0.3, -0.25) is 4.79 Å². The molecule has 0 amide bonds. The number of hydrogen-bond donors (Lipinski definition) is 2. The molecule has 6 heteroatoms. The molecular formula is C17H24O6. The minimum absolute atomic E-state index is 0.00433. The van der Waals surface area contributed by atoms with E-state index >= 15 is 0 Å². The number of rotatable bonds is 1. The first-order chi connectivity index (χ1) is 10.6. The molecule has 0 radical (unpaired) electrons. The molecule has 0 aromatic rings. The highest BCUT2D eigenvalue weighted by Gasteiger charge is 2.62. The largest absolute Gasteiger partial charge is 0.462 e. The summed E-state index contributed by atoms with van der Waals surface area (Å²) in [7, 11) is 0. The first-order valence-corrected chi connectivity index (χ1v) is 8.09. The molecule has 23 heavy (non-hydrogen) atoms. The highest BCUT2D eigenvalue weighted by atomic mass is 16.7. The van der Waals surface area contributed by atoms with Crippen molar-refractivity contribution in [2.45, 2.75) is 65.0 Å². The SMILES string of the molecule is CC(=O)O[C@@H]1C[C@H](O)[C@H](C)[C@H]2CC3=C(C)C(=O)O[C@]3(O)C[C@@]21C. The van der Waals surface area contributed by atoms with Gasteiger partial charge in [0.15, 0.2) is 0 Å². The van der Waals surface area contributed by atoms with Crippen molar-refractivity contribution in [3.8, 4) is 0 Å². The molecule has 3 rings (SSSR count). The number of aliphatic hydroxyl groups is 2. The fraction of sp³-hybridized carbons (Fsp3) is 0.765. The van der Waals surface area contributed by atoms with Crippen molar-refractivity contribution in [3.05, 3.63) is 11.1 Å². The van der Waals surface area contributed by atoms with E-state index in [-0.39, 0.29) is 18.3 Å². The number of ether oxygens (including phenoxy) is 2. The van der Waals surface area contributed by atoms with Crippen LogP contribution in [0.3, 0.4) is 0 Å². The lowest BCUT2D eigenvalue weighted by Crippen LogP contribution is -2.59. The lowest BCUT2D eigenvalue weighted by atomic mass is 9.52. The molecule has 3 aliphatic rings. The van der Waals surface area contributed by atoms with Crippen LogP contribution >= 0.6 is 0 Å². The Morgan fingerprint density at radius 1 is 1.43 bits per heavy atom. The van der Waals surface area contributed by atoms with E-state index in [2.05, 4.69) is 0 Å². The summed E-state index contributed by atoms with van der Waals surface area (Å²) in [5, 5.41) is 21.2. The van der Waals surface area contributed by atoms with Crippen molar-refractivity contribution in [1.29, 1.82) is 0 Å². The smallest absolute Gasteiger partial charge is 0.336 e. The van der Waals surface area contributed by atoms with Gasteiger partial charge in [0.1, 0.15) is 6.10 Å². The second-order valence-corrected chi connectivity index (χ2v) is 7.53. The van der Waals surface area contributed by atoms with Gasteiger partial charge in [0.25, 0.3) is 0 Å². The Balaban J connectivity index is 2.03. The van der Waals surface area contributed by atoms with Gasteiger partial charge < -0.3 is 19.7 Å². The lowest BCUT2D eigenvalue weighted by Gasteiger charge is -2.56. The zero-order chi connectivity index (χ0) is 17.2. The van der Waals surface area contributed by atoms with E-state index in [4.69, 9.17) is 9.47 Å². The zero-order valence-corrected chi connectivity index (χ0v) is 14.0. The maximum Gasteiger partial charge on any atom is 0.336 e. The minimum Gasteiger partial charge on any atom is -0.462 e. The number of hydrogen-bond acceptors (Lipinski definition) is 6. The Morgan fingerprint density at radius 2 is 2.09 bits per heavy atom. The second kappa shape index (κ2) is 5.05. The number of carbonyl (C=O) groups is 2. The standard InChI is InChI=1S/C17H24O6/c1-8-11-5-12-9(2)15(20)23-17(12,21)7-16(11,4)14(6-13(8)19)22-10(3)18/h8,11,13-14,19,21H,5-7H2,1-4H3/t8-,11-,13+,14-,16+,17-/m1/s1. The van der Waals surface area contributed by atoms with Crippen LogP contribution in [-0.4, -0.2) is 40.1 Å². The number of fused-ring (bicyclic) bond motifs is 2. The number of esters is 2. The highest BCUT2D eigenvalue weighted by molar-refractivity contribution is 5.92. The molecule has 6 atom stereocenters. The van der Waals surface area contributed by atoms with E-state index in [9.17, 15) is 19.8 Å². The van der Waals surface area contributed by atoms with Crippen LogP contribution in [0.1, 0.15) is 47.0 Å². The summed E-state index contributed by atoms with van der Waals surface area (Å²) in [6.07, 6.45) is -0.127. The van der Waals surface area contributed by atoms with Gasteiger partial charge in [-0.1, -0.05) is 13.8 Å². The second-order valence-electron chi connectivity index (χ2n) is 7.53. The van der Waals surface area contributed by atoms with Crippen molar-refractivity contribution >= 4 is 11.9 Å². The van der Waals surface area contributed by atoms with Gasteiger partial charge in [0.05, 0.1) is 6.10 Å². The van der Waals surface area contributed by atoms with Crippen molar-refractivity contribution in [1.82, 2.24) is 0 Å². The fourth-order valence-corrected chi connectivity index (χ4v) is 4.76. The van der Waals surface area contributed by atoms with Gasteiger partial charge in [-0.2, -0.15) is 0 Å². The highest BCUT2D eigenvalue weighted by Crippen LogP contribution is 2.59. The van der Waals surface area contributed by atoms with Crippen LogP contribution in [0.5, 0.6) is 0 Å². The Kier molecular flexibility index (Phi) is 3.61. The molecule has 2 saturated carbocycles. The Morgan fingerprint density at radius 3 is 2.70 bits per heavy atom. The monoisotopic (exact) mass is 324 g/mol. The molecule has 2 N–H and O–H groups in total. The third kappa shape index (κ3) is 2.31. The molecule has 0 saturated heterocycles. The zero-order valence-electron chi connectivity index (χ0n) is 14.0. The maximum atomic E-state index is 11.9. The molecule has 0 spiro atoms. The molecule has 2 fully saturated rings. The Hall–Kier alpha value is -1.40. The van der Waals surface area contributed by atoms with Gasteiger partial charge in [0.2, 0.25) is 5.79 Å². The summed E-state index contributed by atoms with van der Waals surface area (Å²) in [6.45, 7) is 6.91. The number of carbonyl (C=O) groups excluding carboxylic acids is 2. The van der Waals surface area contributed by atoms with Gasteiger partial charge in [-0.25, -0.2) is 4.79 Å². The summed E-state index contributed by atoms with van der Waals surface area (Å²) < 4.78 is 10.7. The van der Waals surface area contributed by atoms with Crippen LogP contribution in [0.2, 0.25) is 0 Å². The average Bonchev–Trinajstić information content (AvgIpc) is 2.63. The summed E-state index contributed by atoms with van der Waals surface area (Å²) in [5.74, 6) is -2.55. The number of aliphatic hydroxyl groups excluding tert-OH is 1. The Bertz CT molecular complexity index is 596. The maximum absolute atomic E-state index is 11.9. The van der Waals surface area contributed by atoms with E-state index in [0.29, 0.717) is 24.0 Å². The summed E-state index contributed by atoms with van der Waals surface area (Å²) in [5.41, 5.74) is 0.492. The first-order valence-electron chi connectivity index (χ1n) is 8.09. The summed E-state index contributed by atoms with van der Waals surface area (Å²) >= 11 is 0. The van der Waals surface area contributed by atoms with Gasteiger partial charge in [-0.15, -0.1) is 0 Å². The summed E-state index contributed by atoms with van der Waals surface area (Å²) in [4.78, 5) is 23.4. The predicted octanol–water partition coefficient (Wildman–Crippen LogP) is 1.30. The van der Waals surface area contributed by atoms with Crippen molar-refractivity contribution in [3.63, 3.8) is 0 Å². The van der Waals surface area contributed by atoms with E-state index in [1.54, 1.807) is 6.92 Å². The molecule has 6 nitrogen and oxygen atoms in total. The quantitative estimate of drug-likeness (QED) is 0.706. The van der Waals surface area contributed by atoms with Crippen LogP contribution in [0, 0.1) is 17.3 Å². The predicted molar refractivity (Wildman–Crippen MR) is 79.9 cm³/mol. The van der Waals surface area contributed by atoms with Crippen LogP contribution in [0.4, 0.5) is 0 Å². The molecule has 2 aliphatic carbocycles. The molecule has 0 unspecified atom stereocenters. The van der Waals surface area contributed by atoms with Crippen LogP contribution in [0.25, 0.3) is 0 Å². The van der Waals surface area contributed by atoms with E-state index in [1.807, 2.05) is 13.8 Å². The minimum atomic E-state index is -1.62. The van der Waals surface area contributed by atoms with E-state index in [1.165, 1.54) is 6.92 Å². The average molecular weight is 324 g/mol. The van der Waals surface area contributed by atoms with Gasteiger partial charge >= 0.3 is 11.9 Å². The summed E-state index contributed by atoms with van der Waals surface area (Å²) in [6, 6.07) is 0. The van der Waals surface area contributed by atoms with E-state index in [0.717, 1.165) is 0 Å². The van der Waals surface area contributed by atoms with Crippen molar-refractivity contribution in [2.75, 3.05) is 0 Å². The lowest BCUT2D eigenvalue weighted by molar-refractivity contribution is -0.235. The molecule has 1 heterocycles. The van der Waals surface area contributed by atoms with Crippen molar-refractivity contribution in [2.24, 2.45) is 17.3 Å². The topological polar surface area (TPSA) is 93.1 Å². The van der Waals surface area contributed by atoms with Gasteiger partial charge in [0, 0.05) is 36.3 Å². The van der Waals surface area contributed by atoms with Crippen LogP contribution < -0.4 is 0 Å².